The van der Waals surface area contributed by atoms with Crippen molar-refractivity contribution in [2.24, 2.45) is 0 Å². The summed E-state index contributed by atoms with van der Waals surface area (Å²) < 4.78 is 0. The van der Waals surface area contributed by atoms with E-state index in [2.05, 4.69) is 29.9 Å². The van der Waals surface area contributed by atoms with Crippen LogP contribution in [0.25, 0.3) is 0 Å². The number of aromatic nitrogens is 1. The zero-order valence-electron chi connectivity index (χ0n) is 11.2. The Bertz CT molecular complexity index is 557. The first-order valence-corrected chi connectivity index (χ1v) is 6.61. The Balaban J connectivity index is 2.12. The van der Waals surface area contributed by atoms with Crippen molar-refractivity contribution in [1.82, 2.24) is 9.88 Å². The third-order valence-corrected chi connectivity index (χ3v) is 3.61. The normalized spacial score (nSPS) is 12.6. The Morgan fingerprint density at radius 1 is 1.32 bits per heavy atom. The Morgan fingerprint density at radius 3 is 2.74 bits per heavy atom. The minimum absolute atomic E-state index is 0.219. The summed E-state index contributed by atoms with van der Waals surface area (Å²) in [5, 5.41) is 0.794. The summed E-state index contributed by atoms with van der Waals surface area (Å²) >= 11 is 6.23. The van der Waals surface area contributed by atoms with Crippen LogP contribution >= 0.6 is 11.6 Å². The standard InChI is InChI=1S/C15H18ClN3/c1-11(14-5-3-4-6-15(14)16)19(2)10-13-9-12(17)7-8-18-13/h3-9,11H,10H2,1-2H3,(H2,17,18). The first kappa shape index (κ1) is 13.8. The van der Waals surface area contributed by atoms with Crippen molar-refractivity contribution in [3.05, 3.63) is 58.9 Å². The first-order valence-electron chi connectivity index (χ1n) is 6.23. The van der Waals surface area contributed by atoms with E-state index in [-0.39, 0.29) is 6.04 Å². The van der Waals surface area contributed by atoms with Gasteiger partial charge in [0, 0.05) is 29.5 Å². The Kier molecular flexibility index (Phi) is 4.40. The predicted octanol–water partition coefficient (Wildman–Crippen LogP) is 3.51. The molecular formula is C15H18ClN3. The van der Waals surface area contributed by atoms with E-state index in [0.717, 1.165) is 28.5 Å². The van der Waals surface area contributed by atoms with E-state index < -0.39 is 0 Å². The van der Waals surface area contributed by atoms with E-state index >= 15 is 0 Å². The minimum Gasteiger partial charge on any atom is -0.399 e. The molecule has 0 spiro atoms. The largest absolute Gasteiger partial charge is 0.399 e. The van der Waals surface area contributed by atoms with Gasteiger partial charge in [0.15, 0.2) is 0 Å². The first-order chi connectivity index (χ1) is 9.08. The molecule has 0 radical (unpaired) electrons. The van der Waals surface area contributed by atoms with Crippen molar-refractivity contribution in [2.45, 2.75) is 19.5 Å². The number of pyridine rings is 1. The summed E-state index contributed by atoms with van der Waals surface area (Å²) in [5.74, 6) is 0. The van der Waals surface area contributed by atoms with Gasteiger partial charge in [0.1, 0.15) is 0 Å². The van der Waals surface area contributed by atoms with Gasteiger partial charge in [-0.25, -0.2) is 0 Å². The monoisotopic (exact) mass is 275 g/mol. The minimum atomic E-state index is 0.219. The van der Waals surface area contributed by atoms with Gasteiger partial charge in [-0.15, -0.1) is 0 Å². The van der Waals surface area contributed by atoms with Gasteiger partial charge in [0.2, 0.25) is 0 Å². The number of rotatable bonds is 4. The third kappa shape index (κ3) is 3.46. The van der Waals surface area contributed by atoms with Crippen LogP contribution in [0.5, 0.6) is 0 Å². The lowest BCUT2D eigenvalue weighted by atomic mass is 10.1. The van der Waals surface area contributed by atoms with Crippen LogP contribution in [-0.2, 0) is 6.54 Å². The smallest absolute Gasteiger partial charge is 0.0564 e. The fraction of sp³-hybridized carbons (Fsp3) is 0.267. The summed E-state index contributed by atoms with van der Waals surface area (Å²) in [6.07, 6.45) is 1.73. The van der Waals surface area contributed by atoms with Crippen LogP contribution in [0.15, 0.2) is 42.6 Å². The van der Waals surface area contributed by atoms with Crippen molar-refractivity contribution >= 4 is 17.3 Å². The summed E-state index contributed by atoms with van der Waals surface area (Å²) in [4.78, 5) is 6.52. The molecule has 0 saturated heterocycles. The number of nitrogen functional groups attached to an aromatic ring is 1. The second-order valence-electron chi connectivity index (χ2n) is 4.69. The molecular weight excluding hydrogens is 258 g/mol. The number of anilines is 1. The van der Waals surface area contributed by atoms with Crippen LogP contribution in [0.2, 0.25) is 5.02 Å². The van der Waals surface area contributed by atoms with Crippen LogP contribution in [0.1, 0.15) is 24.2 Å². The second-order valence-corrected chi connectivity index (χ2v) is 5.10. The lowest BCUT2D eigenvalue weighted by Crippen LogP contribution is -2.22. The molecule has 0 aliphatic rings. The molecule has 19 heavy (non-hydrogen) atoms. The maximum atomic E-state index is 6.23. The number of nitrogens with zero attached hydrogens (tertiary/aromatic N) is 2. The molecule has 0 saturated carbocycles. The number of halogens is 1. The van der Waals surface area contributed by atoms with Crippen molar-refractivity contribution in [3.63, 3.8) is 0 Å². The zero-order valence-corrected chi connectivity index (χ0v) is 11.9. The van der Waals surface area contributed by atoms with E-state index in [1.807, 2.05) is 24.3 Å². The molecule has 1 unspecified atom stereocenters. The summed E-state index contributed by atoms with van der Waals surface area (Å²) in [5.41, 5.74) is 8.59. The molecule has 1 heterocycles. The van der Waals surface area contributed by atoms with Gasteiger partial charge in [0.05, 0.1) is 5.69 Å². The fourth-order valence-electron chi connectivity index (χ4n) is 2.03. The van der Waals surface area contributed by atoms with Crippen molar-refractivity contribution in [2.75, 3.05) is 12.8 Å². The molecule has 2 aromatic rings. The zero-order chi connectivity index (χ0) is 13.8. The van der Waals surface area contributed by atoms with Crippen LogP contribution in [0, 0.1) is 0 Å². The number of nitrogens with two attached hydrogens (primary N) is 1. The second kappa shape index (κ2) is 6.04. The maximum Gasteiger partial charge on any atom is 0.0564 e. The Morgan fingerprint density at radius 2 is 2.05 bits per heavy atom. The number of hydrogen-bond donors (Lipinski definition) is 1. The van der Waals surface area contributed by atoms with Crippen LogP contribution in [0.3, 0.4) is 0 Å². The molecule has 1 aromatic heterocycles. The quantitative estimate of drug-likeness (QED) is 0.928. The van der Waals surface area contributed by atoms with E-state index in [1.165, 1.54) is 0 Å². The molecule has 0 amide bonds. The molecule has 100 valence electrons. The average Bonchev–Trinajstić information content (AvgIpc) is 2.38. The molecule has 0 fully saturated rings. The fourth-order valence-corrected chi connectivity index (χ4v) is 2.32. The van der Waals surface area contributed by atoms with Gasteiger partial charge in [-0.1, -0.05) is 29.8 Å². The highest BCUT2D eigenvalue weighted by Crippen LogP contribution is 2.26. The lowest BCUT2D eigenvalue weighted by molar-refractivity contribution is 0.250. The van der Waals surface area contributed by atoms with Crippen LogP contribution in [-0.4, -0.2) is 16.9 Å². The van der Waals surface area contributed by atoms with Crippen LogP contribution in [0.4, 0.5) is 5.69 Å². The molecule has 4 heteroatoms. The topological polar surface area (TPSA) is 42.1 Å². The molecule has 2 rings (SSSR count). The van der Waals surface area contributed by atoms with E-state index in [1.54, 1.807) is 12.3 Å². The summed E-state index contributed by atoms with van der Waals surface area (Å²) in [6.45, 7) is 2.87. The highest BCUT2D eigenvalue weighted by atomic mass is 35.5. The van der Waals surface area contributed by atoms with Gasteiger partial charge in [-0.05, 0) is 37.7 Å². The number of hydrogen-bond acceptors (Lipinski definition) is 3. The molecule has 2 N–H and O–H groups in total. The average molecular weight is 276 g/mol. The molecule has 1 atom stereocenters. The predicted molar refractivity (Wildman–Crippen MR) is 80.0 cm³/mol. The van der Waals surface area contributed by atoms with Crippen molar-refractivity contribution in [1.29, 1.82) is 0 Å². The van der Waals surface area contributed by atoms with Gasteiger partial charge < -0.3 is 5.73 Å². The summed E-state index contributed by atoms with van der Waals surface area (Å²) in [7, 11) is 2.05. The molecule has 3 nitrogen and oxygen atoms in total. The maximum absolute atomic E-state index is 6.23. The van der Waals surface area contributed by atoms with Gasteiger partial charge in [-0.3, -0.25) is 9.88 Å². The van der Waals surface area contributed by atoms with E-state index in [4.69, 9.17) is 17.3 Å². The third-order valence-electron chi connectivity index (χ3n) is 3.27. The summed E-state index contributed by atoms with van der Waals surface area (Å²) in [6, 6.07) is 11.8. The highest BCUT2D eigenvalue weighted by molar-refractivity contribution is 6.31. The number of benzene rings is 1. The molecule has 0 bridgehead atoms. The van der Waals surface area contributed by atoms with Crippen molar-refractivity contribution in [3.8, 4) is 0 Å². The Labute approximate surface area is 119 Å². The van der Waals surface area contributed by atoms with E-state index in [0.29, 0.717) is 0 Å². The highest BCUT2D eigenvalue weighted by Gasteiger charge is 2.14. The van der Waals surface area contributed by atoms with Gasteiger partial charge in [0.25, 0.3) is 0 Å². The SMILES string of the molecule is CC(c1ccccc1Cl)N(C)Cc1cc(N)ccn1. The van der Waals surface area contributed by atoms with Gasteiger partial charge >= 0.3 is 0 Å². The lowest BCUT2D eigenvalue weighted by Gasteiger charge is -2.25. The molecule has 1 aromatic carbocycles. The molecule has 0 aliphatic carbocycles. The van der Waals surface area contributed by atoms with E-state index in [9.17, 15) is 0 Å². The Hall–Kier alpha value is -1.58. The molecule has 0 aliphatic heterocycles. The van der Waals surface area contributed by atoms with Crippen molar-refractivity contribution < 1.29 is 0 Å². The van der Waals surface area contributed by atoms with Crippen LogP contribution < -0.4 is 5.73 Å². The van der Waals surface area contributed by atoms with Gasteiger partial charge in [-0.2, -0.15) is 0 Å².